The van der Waals surface area contributed by atoms with Gasteiger partial charge in [-0.2, -0.15) is 0 Å². The lowest BCUT2D eigenvalue weighted by molar-refractivity contribution is -0.384. The SMILES string of the molecule is CCOP(=O)(OCC)c1c2cc(Cl)ccc2c(Cc2ccccc2)n1-c1cccc([N+](=O)[O-])c1. The van der Waals surface area contributed by atoms with Crippen LogP contribution in [0.1, 0.15) is 25.1 Å². The second kappa shape index (κ2) is 10.1. The predicted octanol–water partition coefficient (Wildman–Crippen LogP) is 6.67. The maximum absolute atomic E-state index is 14.2. The fraction of sp³-hybridized carbons (Fsp3) is 0.200. The van der Waals surface area contributed by atoms with Gasteiger partial charge in [0.1, 0.15) is 5.44 Å². The Kier molecular flexibility index (Phi) is 7.19. The molecule has 0 spiro atoms. The predicted molar refractivity (Wildman–Crippen MR) is 135 cm³/mol. The average molecular weight is 499 g/mol. The summed E-state index contributed by atoms with van der Waals surface area (Å²) in [7, 11) is -3.83. The second-order valence-corrected chi connectivity index (χ2v) is 9.94. The number of fused-ring (bicyclic) bond motifs is 1. The molecule has 0 aliphatic carbocycles. The number of nitrogens with zero attached hydrogens (tertiary/aromatic N) is 2. The van der Waals surface area contributed by atoms with Gasteiger partial charge in [-0.3, -0.25) is 14.7 Å². The van der Waals surface area contributed by atoms with Crippen LogP contribution in [-0.2, 0) is 20.0 Å². The summed E-state index contributed by atoms with van der Waals surface area (Å²) in [6.45, 7) is 3.81. The fourth-order valence-corrected chi connectivity index (χ4v) is 6.21. The number of hydrogen-bond donors (Lipinski definition) is 0. The zero-order valence-corrected chi connectivity index (χ0v) is 20.5. The molecule has 34 heavy (non-hydrogen) atoms. The van der Waals surface area contributed by atoms with Crippen LogP contribution in [-0.4, -0.2) is 22.7 Å². The molecule has 0 saturated heterocycles. The molecule has 0 amide bonds. The molecule has 3 aromatic carbocycles. The molecule has 9 heteroatoms. The summed E-state index contributed by atoms with van der Waals surface area (Å²) < 4.78 is 27.4. The highest BCUT2D eigenvalue weighted by Crippen LogP contribution is 2.50. The Labute approximate surface area is 202 Å². The molecule has 0 atom stereocenters. The van der Waals surface area contributed by atoms with Crippen molar-refractivity contribution in [2.75, 3.05) is 13.2 Å². The van der Waals surface area contributed by atoms with E-state index in [1.807, 2.05) is 36.4 Å². The molecule has 0 fully saturated rings. The van der Waals surface area contributed by atoms with Gasteiger partial charge in [-0.05, 0) is 37.6 Å². The smallest absolute Gasteiger partial charge is 0.305 e. The highest BCUT2D eigenvalue weighted by molar-refractivity contribution is 7.62. The number of hydrogen-bond acceptors (Lipinski definition) is 5. The van der Waals surface area contributed by atoms with Gasteiger partial charge in [0, 0.05) is 40.0 Å². The number of halogens is 1. The van der Waals surface area contributed by atoms with Gasteiger partial charge in [0.05, 0.1) is 23.8 Å². The first kappa shape index (κ1) is 24.2. The molecule has 0 saturated carbocycles. The summed E-state index contributed by atoms with van der Waals surface area (Å²) in [5.41, 5.74) is 2.54. The van der Waals surface area contributed by atoms with E-state index < -0.39 is 12.5 Å². The Balaban J connectivity index is 2.12. The molecular formula is C25H24ClN2O5P. The van der Waals surface area contributed by atoms with Crippen LogP contribution in [0.3, 0.4) is 0 Å². The number of rotatable bonds is 9. The molecule has 0 bridgehead atoms. The molecule has 176 valence electrons. The summed E-state index contributed by atoms with van der Waals surface area (Å²) >= 11 is 6.36. The summed E-state index contributed by atoms with van der Waals surface area (Å²) in [6, 6.07) is 21.4. The third kappa shape index (κ3) is 4.65. The topological polar surface area (TPSA) is 83.6 Å². The molecule has 0 radical (unpaired) electrons. The summed E-state index contributed by atoms with van der Waals surface area (Å²) in [6.07, 6.45) is 0.486. The van der Waals surface area contributed by atoms with Crippen molar-refractivity contribution >= 4 is 41.1 Å². The van der Waals surface area contributed by atoms with E-state index in [-0.39, 0.29) is 18.9 Å². The van der Waals surface area contributed by atoms with Crippen molar-refractivity contribution in [3.8, 4) is 5.69 Å². The third-order valence-electron chi connectivity index (χ3n) is 5.39. The quantitative estimate of drug-likeness (QED) is 0.146. The molecule has 0 N–H and O–H groups in total. The van der Waals surface area contributed by atoms with Crippen LogP contribution < -0.4 is 5.44 Å². The third-order valence-corrected chi connectivity index (χ3v) is 7.78. The molecule has 4 aromatic rings. The van der Waals surface area contributed by atoms with Crippen molar-refractivity contribution in [2.45, 2.75) is 20.3 Å². The van der Waals surface area contributed by atoms with Gasteiger partial charge in [0.2, 0.25) is 0 Å². The van der Waals surface area contributed by atoms with Crippen molar-refractivity contribution in [1.82, 2.24) is 4.57 Å². The molecule has 1 heterocycles. The lowest BCUT2D eigenvalue weighted by atomic mass is 10.1. The summed E-state index contributed by atoms with van der Waals surface area (Å²) in [5.74, 6) is 0. The number of benzene rings is 3. The van der Waals surface area contributed by atoms with E-state index in [1.165, 1.54) is 12.1 Å². The van der Waals surface area contributed by atoms with Crippen LogP contribution in [0.4, 0.5) is 5.69 Å². The maximum Gasteiger partial charge on any atom is 0.378 e. The van der Waals surface area contributed by atoms with Gasteiger partial charge >= 0.3 is 7.60 Å². The van der Waals surface area contributed by atoms with Crippen LogP contribution in [0.2, 0.25) is 5.02 Å². The van der Waals surface area contributed by atoms with Crippen LogP contribution in [0, 0.1) is 10.1 Å². The van der Waals surface area contributed by atoms with E-state index >= 15 is 0 Å². The normalized spacial score (nSPS) is 11.7. The van der Waals surface area contributed by atoms with E-state index in [2.05, 4.69) is 0 Å². The molecular weight excluding hydrogens is 475 g/mol. The number of aromatic nitrogens is 1. The molecule has 1 aromatic heterocycles. The maximum atomic E-state index is 14.2. The van der Waals surface area contributed by atoms with Crippen molar-refractivity contribution < 1.29 is 18.5 Å². The van der Waals surface area contributed by atoms with E-state index in [4.69, 9.17) is 20.6 Å². The molecule has 0 aliphatic heterocycles. The zero-order valence-electron chi connectivity index (χ0n) is 18.8. The fourth-order valence-electron chi connectivity index (χ4n) is 4.08. The van der Waals surface area contributed by atoms with Crippen LogP contribution in [0.25, 0.3) is 16.5 Å². The molecule has 0 unspecified atom stereocenters. The average Bonchev–Trinajstić information content (AvgIpc) is 3.14. The summed E-state index contributed by atoms with van der Waals surface area (Å²) in [4.78, 5) is 11.1. The van der Waals surface area contributed by atoms with Gasteiger partial charge in [0.25, 0.3) is 5.69 Å². The molecule has 0 aliphatic rings. The largest absolute Gasteiger partial charge is 0.378 e. The van der Waals surface area contributed by atoms with E-state index in [1.54, 1.807) is 42.7 Å². The first-order chi connectivity index (χ1) is 16.4. The standard InChI is InChI=1S/C25H24ClN2O5P/c1-3-32-34(31,33-4-2)25-23-16-19(26)13-14-22(23)24(15-18-9-6-5-7-10-18)27(25)20-11-8-12-21(17-20)28(29)30/h5-14,16-17H,3-4,15H2,1-2H3. The Morgan fingerprint density at radius 3 is 2.29 bits per heavy atom. The van der Waals surface area contributed by atoms with Gasteiger partial charge in [0.15, 0.2) is 0 Å². The van der Waals surface area contributed by atoms with Crippen LogP contribution in [0.5, 0.6) is 0 Å². The van der Waals surface area contributed by atoms with Crippen molar-refractivity contribution in [1.29, 1.82) is 0 Å². The van der Waals surface area contributed by atoms with Gasteiger partial charge < -0.3 is 13.6 Å². The Bertz CT molecular complexity index is 1380. The van der Waals surface area contributed by atoms with Gasteiger partial charge in [-0.1, -0.05) is 54.1 Å². The minimum Gasteiger partial charge on any atom is -0.305 e. The first-order valence-corrected chi connectivity index (χ1v) is 12.8. The Morgan fingerprint density at radius 1 is 0.941 bits per heavy atom. The van der Waals surface area contributed by atoms with Crippen LogP contribution in [0.15, 0.2) is 72.8 Å². The van der Waals surface area contributed by atoms with Crippen molar-refractivity contribution in [3.63, 3.8) is 0 Å². The van der Waals surface area contributed by atoms with E-state index in [9.17, 15) is 14.7 Å². The van der Waals surface area contributed by atoms with E-state index in [0.717, 1.165) is 16.6 Å². The molecule has 4 rings (SSSR count). The second-order valence-electron chi connectivity index (χ2n) is 7.57. The number of nitro benzene ring substituents is 1. The lowest BCUT2D eigenvalue weighted by Gasteiger charge is -2.21. The van der Waals surface area contributed by atoms with E-state index in [0.29, 0.717) is 28.0 Å². The lowest BCUT2D eigenvalue weighted by Crippen LogP contribution is -2.21. The van der Waals surface area contributed by atoms with Crippen LogP contribution >= 0.6 is 19.2 Å². The first-order valence-electron chi connectivity index (χ1n) is 10.9. The monoisotopic (exact) mass is 498 g/mol. The number of non-ortho nitro benzene ring substituents is 1. The minimum atomic E-state index is -3.83. The van der Waals surface area contributed by atoms with Gasteiger partial charge in [-0.15, -0.1) is 0 Å². The highest BCUT2D eigenvalue weighted by Gasteiger charge is 2.36. The highest BCUT2D eigenvalue weighted by atomic mass is 35.5. The molecule has 7 nitrogen and oxygen atoms in total. The number of nitro groups is 1. The van der Waals surface area contributed by atoms with Gasteiger partial charge in [-0.25, -0.2) is 0 Å². The Hall–Kier alpha value is -2.96. The van der Waals surface area contributed by atoms with Crippen molar-refractivity contribution in [3.05, 3.63) is 99.2 Å². The summed E-state index contributed by atoms with van der Waals surface area (Å²) in [5, 5.41) is 13.4. The Morgan fingerprint density at radius 2 is 1.65 bits per heavy atom. The van der Waals surface area contributed by atoms with Crippen molar-refractivity contribution in [2.24, 2.45) is 0 Å². The zero-order chi connectivity index (χ0) is 24.3. The minimum absolute atomic E-state index is 0.0763.